The van der Waals surface area contributed by atoms with Crippen LogP contribution in [0.25, 0.3) is 0 Å². The second kappa shape index (κ2) is 7.12. The number of alkyl halides is 1. The highest BCUT2D eigenvalue weighted by Gasteiger charge is 2.21. The smallest absolute Gasteiger partial charge is 0.348 e. The van der Waals surface area contributed by atoms with Gasteiger partial charge in [-0.25, -0.2) is 4.79 Å². The Kier molecular flexibility index (Phi) is 5.80. The number of carbonyl (C=O) groups excluding carboxylic acids is 2. The molecule has 1 N–H and O–H groups in total. The van der Waals surface area contributed by atoms with Crippen LogP contribution in [-0.2, 0) is 9.53 Å². The molecular weight excluding hydrogens is 288 g/mol. The third kappa shape index (κ3) is 3.69. The molecule has 0 saturated heterocycles. The van der Waals surface area contributed by atoms with Gasteiger partial charge >= 0.3 is 5.97 Å². The summed E-state index contributed by atoms with van der Waals surface area (Å²) in [6.07, 6.45) is 0.151. The lowest BCUT2D eigenvalue weighted by Crippen LogP contribution is -2.11. The van der Waals surface area contributed by atoms with Crippen molar-refractivity contribution in [3.8, 4) is 6.07 Å². The summed E-state index contributed by atoms with van der Waals surface area (Å²) in [6, 6.07) is 1.98. The van der Waals surface area contributed by atoms with Crippen LogP contribution in [-0.4, -0.2) is 24.4 Å². The monoisotopic (exact) mass is 300 g/mol. The van der Waals surface area contributed by atoms with Gasteiger partial charge in [0.15, 0.2) is 0 Å². The first-order chi connectivity index (χ1) is 9.04. The van der Waals surface area contributed by atoms with E-state index >= 15 is 0 Å². The lowest BCUT2D eigenvalue weighted by Gasteiger charge is -2.00. The van der Waals surface area contributed by atoms with Crippen molar-refractivity contribution < 1.29 is 14.3 Å². The van der Waals surface area contributed by atoms with Crippen LogP contribution in [0, 0.1) is 18.3 Å². The Morgan fingerprint density at radius 2 is 2.21 bits per heavy atom. The Hall–Kier alpha value is -1.58. The standard InChI is InChI=1S/C12H13ClN2O3S/c1-3-18-12(17)10-7(2)8(6-14)11(19-10)15-9(16)4-5-13/h3-5H2,1-2H3,(H,15,16). The molecule has 0 aliphatic rings. The molecule has 1 rings (SSSR count). The fraction of sp³-hybridized carbons (Fsp3) is 0.417. The highest BCUT2D eigenvalue weighted by atomic mass is 35.5. The van der Waals surface area contributed by atoms with E-state index in [1.54, 1.807) is 13.8 Å². The third-order valence-corrected chi connectivity index (χ3v) is 3.67. The molecule has 5 nitrogen and oxygen atoms in total. The van der Waals surface area contributed by atoms with Crippen molar-refractivity contribution in [1.82, 2.24) is 0 Å². The van der Waals surface area contributed by atoms with Gasteiger partial charge in [-0.3, -0.25) is 4.79 Å². The number of halogens is 1. The number of hydrogen-bond acceptors (Lipinski definition) is 5. The van der Waals surface area contributed by atoms with Crippen LogP contribution in [0.5, 0.6) is 0 Å². The van der Waals surface area contributed by atoms with Crippen molar-refractivity contribution in [1.29, 1.82) is 5.26 Å². The molecule has 102 valence electrons. The van der Waals surface area contributed by atoms with E-state index in [1.807, 2.05) is 6.07 Å². The minimum Gasteiger partial charge on any atom is -0.462 e. The first-order valence-corrected chi connectivity index (χ1v) is 6.96. The Labute approximate surface area is 120 Å². The largest absolute Gasteiger partial charge is 0.462 e. The average Bonchev–Trinajstić information content (AvgIpc) is 2.66. The Morgan fingerprint density at radius 3 is 2.74 bits per heavy atom. The van der Waals surface area contributed by atoms with Crippen molar-refractivity contribution >= 4 is 39.8 Å². The molecule has 0 aliphatic heterocycles. The normalized spacial score (nSPS) is 9.79. The minimum atomic E-state index is -0.487. The topological polar surface area (TPSA) is 79.2 Å². The van der Waals surface area contributed by atoms with Gasteiger partial charge in [0.1, 0.15) is 15.9 Å². The van der Waals surface area contributed by atoms with Crippen LogP contribution in [0.2, 0.25) is 0 Å². The molecule has 0 unspecified atom stereocenters. The zero-order valence-electron chi connectivity index (χ0n) is 10.6. The van der Waals surface area contributed by atoms with E-state index in [-0.39, 0.29) is 30.4 Å². The summed E-state index contributed by atoms with van der Waals surface area (Å²) in [5, 5.41) is 12.0. The summed E-state index contributed by atoms with van der Waals surface area (Å²) >= 11 is 6.51. The quantitative estimate of drug-likeness (QED) is 0.670. The molecular formula is C12H13ClN2O3S. The van der Waals surface area contributed by atoms with E-state index in [1.165, 1.54) is 0 Å². The number of anilines is 1. The van der Waals surface area contributed by atoms with E-state index in [4.69, 9.17) is 21.6 Å². The van der Waals surface area contributed by atoms with Gasteiger partial charge in [-0.1, -0.05) is 0 Å². The summed E-state index contributed by atoms with van der Waals surface area (Å²) in [4.78, 5) is 23.5. The molecule has 1 heterocycles. The number of nitrogens with one attached hydrogen (secondary N) is 1. The third-order valence-electron chi connectivity index (χ3n) is 2.29. The molecule has 0 saturated carbocycles. The number of esters is 1. The van der Waals surface area contributed by atoms with E-state index in [0.29, 0.717) is 15.4 Å². The molecule has 0 radical (unpaired) electrons. The van der Waals surface area contributed by atoms with Gasteiger partial charge in [-0.2, -0.15) is 5.26 Å². The Balaban J connectivity index is 3.06. The van der Waals surface area contributed by atoms with Gasteiger partial charge in [0.05, 0.1) is 12.2 Å². The van der Waals surface area contributed by atoms with Crippen molar-refractivity contribution in [3.63, 3.8) is 0 Å². The van der Waals surface area contributed by atoms with Gasteiger partial charge in [-0.15, -0.1) is 22.9 Å². The first kappa shape index (κ1) is 15.5. The lowest BCUT2D eigenvalue weighted by molar-refractivity contribution is -0.115. The van der Waals surface area contributed by atoms with E-state index in [0.717, 1.165) is 11.3 Å². The molecule has 0 fully saturated rings. The number of rotatable bonds is 5. The van der Waals surface area contributed by atoms with E-state index in [9.17, 15) is 9.59 Å². The number of hydrogen-bond donors (Lipinski definition) is 1. The summed E-state index contributed by atoms with van der Waals surface area (Å²) in [7, 11) is 0. The number of carbonyl (C=O) groups is 2. The highest BCUT2D eigenvalue weighted by molar-refractivity contribution is 7.18. The molecule has 0 atom stereocenters. The van der Waals surface area contributed by atoms with Crippen LogP contribution in [0.1, 0.15) is 34.1 Å². The predicted octanol–water partition coefficient (Wildman–Crippen LogP) is 2.67. The maximum atomic E-state index is 11.7. The highest BCUT2D eigenvalue weighted by Crippen LogP contribution is 2.33. The molecule has 0 aromatic carbocycles. The molecule has 19 heavy (non-hydrogen) atoms. The van der Waals surface area contributed by atoms with E-state index < -0.39 is 5.97 Å². The molecule has 0 aliphatic carbocycles. The Bertz CT molecular complexity index is 534. The molecule has 1 aromatic heterocycles. The van der Waals surface area contributed by atoms with Crippen LogP contribution < -0.4 is 5.32 Å². The first-order valence-electron chi connectivity index (χ1n) is 5.61. The molecule has 0 spiro atoms. The maximum Gasteiger partial charge on any atom is 0.348 e. The van der Waals surface area contributed by atoms with Crippen molar-refractivity contribution in [2.75, 3.05) is 17.8 Å². The van der Waals surface area contributed by atoms with Gasteiger partial charge in [0, 0.05) is 12.3 Å². The fourth-order valence-electron chi connectivity index (χ4n) is 1.40. The second-order valence-corrected chi connectivity index (χ2v) is 4.98. The molecule has 1 aromatic rings. The van der Waals surface area contributed by atoms with Gasteiger partial charge in [0.2, 0.25) is 5.91 Å². The summed E-state index contributed by atoms with van der Waals surface area (Å²) in [6.45, 7) is 3.61. The minimum absolute atomic E-state index is 0.151. The van der Waals surface area contributed by atoms with Gasteiger partial charge in [-0.05, 0) is 19.4 Å². The van der Waals surface area contributed by atoms with Crippen LogP contribution in [0.4, 0.5) is 5.00 Å². The number of ether oxygens (including phenoxy) is 1. The van der Waals surface area contributed by atoms with Crippen molar-refractivity contribution in [2.24, 2.45) is 0 Å². The number of nitriles is 1. The average molecular weight is 301 g/mol. The van der Waals surface area contributed by atoms with Gasteiger partial charge < -0.3 is 10.1 Å². The van der Waals surface area contributed by atoms with Crippen molar-refractivity contribution in [3.05, 3.63) is 16.0 Å². The predicted molar refractivity (Wildman–Crippen MR) is 73.7 cm³/mol. The lowest BCUT2D eigenvalue weighted by atomic mass is 10.2. The van der Waals surface area contributed by atoms with Crippen LogP contribution in [0.15, 0.2) is 0 Å². The zero-order valence-corrected chi connectivity index (χ0v) is 12.2. The number of nitrogens with zero attached hydrogens (tertiary/aromatic N) is 1. The molecule has 1 amide bonds. The Morgan fingerprint density at radius 1 is 1.53 bits per heavy atom. The summed E-state index contributed by atoms with van der Waals surface area (Å²) < 4.78 is 4.90. The summed E-state index contributed by atoms with van der Waals surface area (Å²) in [5.41, 5.74) is 0.808. The fourth-order valence-corrected chi connectivity index (χ4v) is 2.64. The van der Waals surface area contributed by atoms with E-state index in [2.05, 4.69) is 5.32 Å². The number of thiophene rings is 1. The second-order valence-electron chi connectivity index (χ2n) is 3.58. The zero-order chi connectivity index (χ0) is 14.4. The molecule has 7 heteroatoms. The summed E-state index contributed by atoms with van der Waals surface area (Å²) in [5.74, 6) is -0.578. The van der Waals surface area contributed by atoms with Gasteiger partial charge in [0.25, 0.3) is 0 Å². The number of amides is 1. The van der Waals surface area contributed by atoms with Crippen molar-refractivity contribution in [2.45, 2.75) is 20.3 Å². The maximum absolute atomic E-state index is 11.7. The SMILES string of the molecule is CCOC(=O)c1sc(NC(=O)CCCl)c(C#N)c1C. The van der Waals surface area contributed by atoms with Crippen LogP contribution in [0.3, 0.4) is 0 Å². The molecule has 0 bridgehead atoms. The van der Waals surface area contributed by atoms with Crippen LogP contribution >= 0.6 is 22.9 Å².